The topological polar surface area (TPSA) is 66.6 Å². The molecule has 2 heterocycles. The Balaban J connectivity index is 1.66. The lowest BCUT2D eigenvalue weighted by atomic mass is 9.98. The van der Waals surface area contributed by atoms with E-state index in [2.05, 4.69) is 9.88 Å². The number of hydrogen-bond donors (Lipinski definition) is 1. The number of carbonyl (C=O) groups is 1. The van der Waals surface area contributed by atoms with E-state index in [-0.39, 0.29) is 5.92 Å². The summed E-state index contributed by atoms with van der Waals surface area (Å²) in [4.78, 5) is 17.5. The highest BCUT2D eigenvalue weighted by molar-refractivity contribution is 6.30. The van der Waals surface area contributed by atoms with E-state index in [1.54, 1.807) is 18.3 Å². The first-order chi connectivity index (χ1) is 10.6. The van der Waals surface area contributed by atoms with E-state index in [0.29, 0.717) is 29.8 Å². The van der Waals surface area contributed by atoms with Crippen LogP contribution in [-0.4, -0.2) is 34.0 Å². The third-order valence-corrected chi connectivity index (χ3v) is 4.15. The number of carboxylic acid groups (broad SMARTS) is 1. The maximum Gasteiger partial charge on any atom is 0.307 e. The van der Waals surface area contributed by atoms with Gasteiger partial charge in [-0.3, -0.25) is 9.69 Å². The zero-order valence-corrected chi connectivity index (χ0v) is 12.8. The minimum atomic E-state index is -0.723. The Kier molecular flexibility index (Phi) is 4.45. The average Bonchev–Trinajstić information content (AvgIpc) is 2.96. The molecule has 0 amide bonds. The van der Waals surface area contributed by atoms with E-state index < -0.39 is 5.97 Å². The number of hydrogen-bond acceptors (Lipinski definition) is 4. The maximum atomic E-state index is 11.1. The standard InChI is InChI=1S/C16H17ClN2O3/c17-13-5-3-11(4-6-13)14-8-18-15(22-14)10-19-7-1-2-12(9-19)16(20)21/h3-6,8,12H,1-2,7,9-10H2,(H,20,21). The van der Waals surface area contributed by atoms with Gasteiger partial charge in [-0.05, 0) is 43.7 Å². The normalized spacial score (nSPS) is 19.2. The molecule has 1 saturated heterocycles. The first-order valence-corrected chi connectivity index (χ1v) is 7.65. The molecule has 0 spiro atoms. The van der Waals surface area contributed by atoms with Crippen molar-refractivity contribution in [2.24, 2.45) is 5.92 Å². The summed E-state index contributed by atoms with van der Waals surface area (Å²) >= 11 is 5.87. The number of halogens is 1. The van der Waals surface area contributed by atoms with Gasteiger partial charge in [0, 0.05) is 17.1 Å². The monoisotopic (exact) mass is 320 g/mol. The van der Waals surface area contributed by atoms with Gasteiger partial charge in [-0.2, -0.15) is 0 Å². The van der Waals surface area contributed by atoms with E-state index in [9.17, 15) is 4.79 Å². The van der Waals surface area contributed by atoms with E-state index in [1.165, 1.54) is 0 Å². The summed E-state index contributed by atoms with van der Waals surface area (Å²) in [5, 5.41) is 9.80. The van der Waals surface area contributed by atoms with E-state index in [0.717, 1.165) is 24.9 Å². The molecule has 0 saturated carbocycles. The molecule has 1 aromatic heterocycles. The Morgan fingerprint density at radius 3 is 2.91 bits per heavy atom. The summed E-state index contributed by atoms with van der Waals surface area (Å²) in [6, 6.07) is 7.38. The second-order valence-corrected chi connectivity index (χ2v) is 5.97. The van der Waals surface area contributed by atoms with Gasteiger partial charge in [-0.1, -0.05) is 11.6 Å². The predicted molar refractivity (Wildman–Crippen MR) is 82.6 cm³/mol. The van der Waals surface area contributed by atoms with Crippen molar-refractivity contribution in [2.45, 2.75) is 19.4 Å². The molecule has 0 radical (unpaired) electrons. The number of piperidine rings is 1. The number of carboxylic acids is 1. The van der Waals surface area contributed by atoms with Crippen LogP contribution in [-0.2, 0) is 11.3 Å². The quantitative estimate of drug-likeness (QED) is 0.936. The molecule has 1 aliphatic rings. The molecular weight excluding hydrogens is 304 g/mol. The fraction of sp³-hybridized carbons (Fsp3) is 0.375. The summed E-state index contributed by atoms with van der Waals surface area (Å²) in [5.41, 5.74) is 0.921. The molecule has 0 bridgehead atoms. The molecule has 22 heavy (non-hydrogen) atoms. The van der Waals surface area contributed by atoms with Crippen LogP contribution < -0.4 is 0 Å². The smallest absolute Gasteiger partial charge is 0.307 e. The molecule has 3 rings (SSSR count). The third-order valence-electron chi connectivity index (χ3n) is 3.90. The number of aliphatic carboxylic acids is 1. The summed E-state index contributed by atoms with van der Waals surface area (Å²) < 4.78 is 5.76. The summed E-state index contributed by atoms with van der Waals surface area (Å²) in [5.74, 6) is 0.285. The zero-order chi connectivity index (χ0) is 15.5. The van der Waals surface area contributed by atoms with Crippen LogP contribution in [0.25, 0.3) is 11.3 Å². The Labute approximate surface area is 133 Å². The van der Waals surface area contributed by atoms with Crippen molar-refractivity contribution in [3.05, 3.63) is 41.4 Å². The zero-order valence-electron chi connectivity index (χ0n) is 12.0. The highest BCUT2D eigenvalue weighted by Crippen LogP contribution is 2.24. The fourth-order valence-electron chi connectivity index (χ4n) is 2.72. The minimum absolute atomic E-state index is 0.292. The van der Waals surface area contributed by atoms with Crippen molar-refractivity contribution >= 4 is 17.6 Å². The van der Waals surface area contributed by atoms with Gasteiger partial charge in [-0.15, -0.1) is 0 Å². The van der Waals surface area contributed by atoms with Crippen molar-refractivity contribution in [3.8, 4) is 11.3 Å². The number of oxazole rings is 1. The van der Waals surface area contributed by atoms with Gasteiger partial charge in [0.2, 0.25) is 5.89 Å². The van der Waals surface area contributed by atoms with Crippen LogP contribution in [0.3, 0.4) is 0 Å². The van der Waals surface area contributed by atoms with Crippen LogP contribution in [0.5, 0.6) is 0 Å². The molecule has 1 atom stereocenters. The third kappa shape index (κ3) is 3.48. The summed E-state index contributed by atoms with van der Waals surface area (Å²) in [6.07, 6.45) is 3.33. The van der Waals surface area contributed by atoms with Gasteiger partial charge < -0.3 is 9.52 Å². The summed E-state index contributed by atoms with van der Waals surface area (Å²) in [7, 11) is 0. The second kappa shape index (κ2) is 6.50. The van der Waals surface area contributed by atoms with Crippen molar-refractivity contribution < 1.29 is 14.3 Å². The fourth-order valence-corrected chi connectivity index (χ4v) is 2.85. The van der Waals surface area contributed by atoms with E-state index in [1.807, 2.05) is 12.1 Å². The maximum absolute atomic E-state index is 11.1. The van der Waals surface area contributed by atoms with Gasteiger partial charge >= 0.3 is 5.97 Å². The first kappa shape index (κ1) is 15.1. The van der Waals surface area contributed by atoms with Gasteiger partial charge in [0.15, 0.2) is 5.76 Å². The molecule has 6 heteroatoms. The highest BCUT2D eigenvalue weighted by atomic mass is 35.5. The molecule has 1 aromatic carbocycles. The van der Waals surface area contributed by atoms with Crippen molar-refractivity contribution in [1.29, 1.82) is 0 Å². The van der Waals surface area contributed by atoms with Gasteiger partial charge in [0.05, 0.1) is 18.7 Å². The Hall–Kier alpha value is -1.85. The average molecular weight is 321 g/mol. The summed E-state index contributed by atoms with van der Waals surface area (Å²) in [6.45, 7) is 1.97. The highest BCUT2D eigenvalue weighted by Gasteiger charge is 2.26. The van der Waals surface area contributed by atoms with E-state index in [4.69, 9.17) is 21.1 Å². The lowest BCUT2D eigenvalue weighted by Gasteiger charge is -2.29. The SMILES string of the molecule is O=C(O)C1CCCN(Cc2ncc(-c3ccc(Cl)cc3)o2)C1. The molecule has 1 fully saturated rings. The van der Waals surface area contributed by atoms with Crippen LogP contribution in [0.2, 0.25) is 5.02 Å². The second-order valence-electron chi connectivity index (χ2n) is 5.54. The van der Waals surface area contributed by atoms with Crippen LogP contribution >= 0.6 is 11.6 Å². The molecule has 116 valence electrons. The molecule has 5 nitrogen and oxygen atoms in total. The number of rotatable bonds is 4. The largest absolute Gasteiger partial charge is 0.481 e. The predicted octanol–water partition coefficient (Wildman–Crippen LogP) is 3.29. The lowest BCUT2D eigenvalue weighted by molar-refractivity contribution is -0.143. The molecule has 1 N–H and O–H groups in total. The van der Waals surface area contributed by atoms with Crippen molar-refractivity contribution in [3.63, 3.8) is 0 Å². The molecule has 2 aromatic rings. The Bertz CT molecular complexity index is 654. The lowest BCUT2D eigenvalue weighted by Crippen LogP contribution is -2.38. The van der Waals surface area contributed by atoms with E-state index >= 15 is 0 Å². The Morgan fingerprint density at radius 2 is 2.18 bits per heavy atom. The number of likely N-dealkylation sites (tertiary alicyclic amines) is 1. The van der Waals surface area contributed by atoms with Gasteiger partial charge in [0.1, 0.15) is 0 Å². The van der Waals surface area contributed by atoms with Crippen molar-refractivity contribution in [2.75, 3.05) is 13.1 Å². The number of benzene rings is 1. The van der Waals surface area contributed by atoms with Crippen molar-refractivity contribution in [1.82, 2.24) is 9.88 Å². The van der Waals surface area contributed by atoms with Crippen LogP contribution in [0, 0.1) is 5.92 Å². The number of nitrogens with zero attached hydrogens (tertiary/aromatic N) is 2. The van der Waals surface area contributed by atoms with Gasteiger partial charge in [0.25, 0.3) is 0 Å². The molecule has 1 unspecified atom stereocenters. The minimum Gasteiger partial charge on any atom is -0.481 e. The first-order valence-electron chi connectivity index (χ1n) is 7.27. The van der Waals surface area contributed by atoms with Crippen LogP contribution in [0.1, 0.15) is 18.7 Å². The number of aromatic nitrogens is 1. The Morgan fingerprint density at radius 1 is 1.41 bits per heavy atom. The van der Waals surface area contributed by atoms with Crippen LogP contribution in [0.15, 0.2) is 34.9 Å². The molecule has 0 aliphatic carbocycles. The van der Waals surface area contributed by atoms with Crippen LogP contribution in [0.4, 0.5) is 0 Å². The molecule has 1 aliphatic heterocycles. The van der Waals surface area contributed by atoms with Gasteiger partial charge in [-0.25, -0.2) is 4.98 Å². The molecular formula is C16H17ClN2O3.